The summed E-state index contributed by atoms with van der Waals surface area (Å²) in [4.78, 5) is 0. The van der Waals surface area contributed by atoms with Gasteiger partial charge in [0.1, 0.15) is 5.76 Å². The Morgan fingerprint density at radius 3 is 2.94 bits per heavy atom. The molecule has 0 aliphatic heterocycles. The van der Waals surface area contributed by atoms with E-state index in [9.17, 15) is 0 Å². The first-order valence-corrected chi connectivity index (χ1v) is 5.14. The average Bonchev–Trinajstić information content (AvgIpc) is 2.88. The standard InChI is InChI=1S/C11H15N3O.ClH/c1-2-14-10(5-6-13-14)8-12-9-11-4-3-7-15-11;/h3-7,12H,2,8-9H2,1H3;1H. The van der Waals surface area contributed by atoms with Gasteiger partial charge in [0.25, 0.3) is 0 Å². The van der Waals surface area contributed by atoms with Gasteiger partial charge in [-0.2, -0.15) is 5.10 Å². The first-order chi connectivity index (χ1) is 7.40. The zero-order chi connectivity index (χ0) is 10.5. The lowest BCUT2D eigenvalue weighted by molar-refractivity contribution is 0.476. The van der Waals surface area contributed by atoms with Crippen LogP contribution in [0.5, 0.6) is 0 Å². The summed E-state index contributed by atoms with van der Waals surface area (Å²) in [5.41, 5.74) is 1.20. The molecule has 2 rings (SSSR count). The summed E-state index contributed by atoms with van der Waals surface area (Å²) in [6.07, 6.45) is 3.51. The van der Waals surface area contributed by atoms with Crippen molar-refractivity contribution in [2.75, 3.05) is 0 Å². The monoisotopic (exact) mass is 241 g/mol. The van der Waals surface area contributed by atoms with Crippen molar-refractivity contribution in [3.05, 3.63) is 42.1 Å². The third-order valence-corrected chi connectivity index (χ3v) is 2.29. The molecule has 0 saturated carbocycles. The lowest BCUT2D eigenvalue weighted by Gasteiger charge is -2.05. The number of hydrogen-bond donors (Lipinski definition) is 1. The largest absolute Gasteiger partial charge is 0.468 e. The Kier molecular flexibility index (Phi) is 5.08. The van der Waals surface area contributed by atoms with Gasteiger partial charge in [0.05, 0.1) is 18.5 Å². The minimum Gasteiger partial charge on any atom is -0.468 e. The Balaban J connectivity index is 0.00000128. The van der Waals surface area contributed by atoms with Crippen LogP contribution in [0.15, 0.2) is 35.1 Å². The summed E-state index contributed by atoms with van der Waals surface area (Å²) < 4.78 is 7.21. The van der Waals surface area contributed by atoms with Gasteiger partial charge < -0.3 is 9.73 Å². The lowest BCUT2D eigenvalue weighted by atomic mass is 10.4. The van der Waals surface area contributed by atoms with E-state index in [1.807, 2.05) is 29.1 Å². The second-order valence-corrected chi connectivity index (χ2v) is 3.32. The summed E-state index contributed by atoms with van der Waals surface area (Å²) >= 11 is 0. The molecule has 0 aliphatic rings. The minimum absolute atomic E-state index is 0. The topological polar surface area (TPSA) is 43.0 Å². The molecular formula is C11H16ClN3O. The van der Waals surface area contributed by atoms with E-state index in [2.05, 4.69) is 17.3 Å². The van der Waals surface area contributed by atoms with Crippen LogP contribution in [0.2, 0.25) is 0 Å². The maximum atomic E-state index is 5.22. The molecule has 0 saturated heterocycles. The van der Waals surface area contributed by atoms with Crippen molar-refractivity contribution < 1.29 is 4.42 Å². The molecule has 0 unspecified atom stereocenters. The molecule has 4 nitrogen and oxygen atoms in total. The van der Waals surface area contributed by atoms with Gasteiger partial charge in [-0.15, -0.1) is 12.4 Å². The van der Waals surface area contributed by atoms with Crippen LogP contribution in [0, 0.1) is 0 Å². The quantitative estimate of drug-likeness (QED) is 0.873. The molecule has 1 N–H and O–H groups in total. The maximum absolute atomic E-state index is 5.22. The molecule has 2 aromatic rings. The third kappa shape index (κ3) is 3.12. The second kappa shape index (κ2) is 6.35. The minimum atomic E-state index is 0. The Labute approximate surface area is 101 Å². The van der Waals surface area contributed by atoms with Crippen molar-refractivity contribution in [1.29, 1.82) is 0 Å². The maximum Gasteiger partial charge on any atom is 0.117 e. The first kappa shape index (κ1) is 12.8. The van der Waals surface area contributed by atoms with Crippen molar-refractivity contribution in [2.45, 2.75) is 26.6 Å². The third-order valence-electron chi connectivity index (χ3n) is 2.29. The zero-order valence-corrected chi connectivity index (χ0v) is 10.0. The molecule has 0 amide bonds. The van der Waals surface area contributed by atoms with E-state index in [0.29, 0.717) is 0 Å². The van der Waals surface area contributed by atoms with Crippen LogP contribution in [0.1, 0.15) is 18.4 Å². The molecule has 88 valence electrons. The summed E-state index contributed by atoms with van der Waals surface area (Å²) in [5.74, 6) is 0.956. The van der Waals surface area contributed by atoms with Gasteiger partial charge in [-0.25, -0.2) is 0 Å². The number of nitrogens with one attached hydrogen (secondary N) is 1. The molecule has 0 fully saturated rings. The van der Waals surface area contributed by atoms with E-state index in [4.69, 9.17) is 4.42 Å². The van der Waals surface area contributed by atoms with Crippen LogP contribution >= 0.6 is 12.4 Å². The summed E-state index contributed by atoms with van der Waals surface area (Å²) in [5, 5.41) is 7.51. The highest BCUT2D eigenvalue weighted by atomic mass is 35.5. The van der Waals surface area contributed by atoms with Crippen molar-refractivity contribution in [3.63, 3.8) is 0 Å². The molecule has 0 radical (unpaired) electrons. The number of aryl methyl sites for hydroxylation is 1. The number of aromatic nitrogens is 2. The van der Waals surface area contributed by atoms with Gasteiger partial charge in [0.15, 0.2) is 0 Å². The molecule has 0 aliphatic carbocycles. The molecule has 0 bridgehead atoms. The first-order valence-electron chi connectivity index (χ1n) is 5.14. The van der Waals surface area contributed by atoms with Gasteiger partial charge in [0, 0.05) is 19.3 Å². The predicted octanol–water partition coefficient (Wildman–Crippen LogP) is 2.21. The number of nitrogens with zero attached hydrogens (tertiary/aromatic N) is 2. The molecule has 16 heavy (non-hydrogen) atoms. The molecule has 5 heteroatoms. The SMILES string of the molecule is CCn1nccc1CNCc1ccco1.Cl. The fraction of sp³-hybridized carbons (Fsp3) is 0.364. The van der Waals surface area contributed by atoms with Gasteiger partial charge in [0.2, 0.25) is 0 Å². The van der Waals surface area contributed by atoms with E-state index < -0.39 is 0 Å². The highest BCUT2D eigenvalue weighted by Crippen LogP contribution is 2.01. The lowest BCUT2D eigenvalue weighted by Crippen LogP contribution is -2.15. The van der Waals surface area contributed by atoms with Gasteiger partial charge >= 0.3 is 0 Å². The number of halogens is 1. The van der Waals surface area contributed by atoms with Crippen molar-refractivity contribution in [3.8, 4) is 0 Å². The van der Waals surface area contributed by atoms with E-state index in [1.165, 1.54) is 5.69 Å². The van der Waals surface area contributed by atoms with Crippen LogP contribution < -0.4 is 5.32 Å². The molecule has 0 aromatic carbocycles. The number of hydrogen-bond acceptors (Lipinski definition) is 3. The van der Waals surface area contributed by atoms with Gasteiger partial charge in [-0.3, -0.25) is 4.68 Å². The van der Waals surface area contributed by atoms with Crippen LogP contribution in [-0.2, 0) is 19.6 Å². The smallest absolute Gasteiger partial charge is 0.117 e. The Hall–Kier alpha value is -1.26. The van der Waals surface area contributed by atoms with Crippen molar-refractivity contribution in [2.24, 2.45) is 0 Å². The zero-order valence-electron chi connectivity index (χ0n) is 9.22. The molecule has 0 atom stereocenters. The van der Waals surface area contributed by atoms with Crippen LogP contribution in [-0.4, -0.2) is 9.78 Å². The van der Waals surface area contributed by atoms with E-state index in [0.717, 1.165) is 25.4 Å². The number of furan rings is 1. The van der Waals surface area contributed by atoms with Crippen molar-refractivity contribution in [1.82, 2.24) is 15.1 Å². The number of rotatable bonds is 5. The fourth-order valence-corrected chi connectivity index (χ4v) is 1.52. The second-order valence-electron chi connectivity index (χ2n) is 3.32. The highest BCUT2D eigenvalue weighted by molar-refractivity contribution is 5.85. The molecular weight excluding hydrogens is 226 g/mol. The predicted molar refractivity (Wildman–Crippen MR) is 64.4 cm³/mol. The van der Waals surface area contributed by atoms with Gasteiger partial charge in [-0.05, 0) is 25.1 Å². The van der Waals surface area contributed by atoms with E-state index >= 15 is 0 Å². The molecule has 2 aromatic heterocycles. The average molecular weight is 242 g/mol. The Morgan fingerprint density at radius 2 is 2.25 bits per heavy atom. The Bertz CT molecular complexity index is 397. The normalized spacial score (nSPS) is 10.1. The van der Waals surface area contributed by atoms with Crippen LogP contribution in [0.3, 0.4) is 0 Å². The van der Waals surface area contributed by atoms with Crippen molar-refractivity contribution >= 4 is 12.4 Å². The Morgan fingerprint density at radius 1 is 1.38 bits per heavy atom. The molecule has 0 spiro atoms. The summed E-state index contributed by atoms with van der Waals surface area (Å²) in [7, 11) is 0. The summed E-state index contributed by atoms with van der Waals surface area (Å²) in [6.45, 7) is 4.56. The highest BCUT2D eigenvalue weighted by Gasteiger charge is 2.00. The van der Waals surface area contributed by atoms with Crippen LogP contribution in [0.4, 0.5) is 0 Å². The molecule has 2 heterocycles. The fourth-order valence-electron chi connectivity index (χ4n) is 1.52. The van der Waals surface area contributed by atoms with E-state index in [-0.39, 0.29) is 12.4 Å². The van der Waals surface area contributed by atoms with E-state index in [1.54, 1.807) is 6.26 Å². The van der Waals surface area contributed by atoms with Gasteiger partial charge in [-0.1, -0.05) is 0 Å². The van der Waals surface area contributed by atoms with Crippen LogP contribution in [0.25, 0.3) is 0 Å². The summed E-state index contributed by atoms with van der Waals surface area (Å²) in [6, 6.07) is 5.88.